The first kappa shape index (κ1) is 14.6. The van der Waals surface area contributed by atoms with Crippen LogP contribution in [0.15, 0.2) is 23.1 Å². The maximum atomic E-state index is 11.2. The summed E-state index contributed by atoms with van der Waals surface area (Å²) in [5.74, 6) is 0.665. The molecule has 1 atom stereocenters. The number of ether oxygens (including phenoxy) is 2. The molecule has 1 aromatic carbocycles. The molecule has 0 aromatic heterocycles. The van der Waals surface area contributed by atoms with Crippen LogP contribution < -0.4 is 4.74 Å². The Bertz CT molecular complexity index is 536. The van der Waals surface area contributed by atoms with Gasteiger partial charge >= 0.3 is 0 Å². The second-order valence-electron chi connectivity index (χ2n) is 4.66. The van der Waals surface area contributed by atoms with E-state index in [1.165, 1.54) is 12.1 Å². The normalized spacial score (nSPS) is 20.2. The van der Waals surface area contributed by atoms with Crippen molar-refractivity contribution in [3.05, 3.63) is 23.8 Å². The SMILES string of the molecule is Cc1cc(S(=O)(=O)Cl)ccc1OCC1CCCCO1. The molecule has 1 saturated heterocycles. The first-order chi connectivity index (χ1) is 8.97. The summed E-state index contributed by atoms with van der Waals surface area (Å²) >= 11 is 0. The molecule has 1 aliphatic heterocycles. The lowest BCUT2D eigenvalue weighted by Crippen LogP contribution is -2.25. The average molecular weight is 305 g/mol. The van der Waals surface area contributed by atoms with Gasteiger partial charge in [-0.1, -0.05) is 0 Å². The molecule has 19 heavy (non-hydrogen) atoms. The maximum Gasteiger partial charge on any atom is 0.261 e. The molecule has 1 aliphatic rings. The van der Waals surface area contributed by atoms with Crippen LogP contribution in [-0.2, 0) is 13.8 Å². The van der Waals surface area contributed by atoms with Gasteiger partial charge in [-0.25, -0.2) is 8.42 Å². The third-order valence-electron chi connectivity index (χ3n) is 3.13. The molecule has 0 radical (unpaired) electrons. The van der Waals surface area contributed by atoms with Gasteiger partial charge in [-0.05, 0) is 49.9 Å². The minimum atomic E-state index is -3.69. The minimum Gasteiger partial charge on any atom is -0.491 e. The van der Waals surface area contributed by atoms with Crippen molar-refractivity contribution < 1.29 is 17.9 Å². The lowest BCUT2D eigenvalue weighted by molar-refractivity contribution is -0.0112. The van der Waals surface area contributed by atoms with Gasteiger partial charge in [-0.3, -0.25) is 0 Å². The van der Waals surface area contributed by atoms with Crippen LogP contribution in [0.2, 0.25) is 0 Å². The zero-order valence-corrected chi connectivity index (χ0v) is 12.3. The molecule has 0 saturated carbocycles. The van der Waals surface area contributed by atoms with Crippen molar-refractivity contribution in [3.8, 4) is 5.75 Å². The first-order valence-electron chi connectivity index (χ1n) is 6.26. The third kappa shape index (κ3) is 4.09. The summed E-state index contributed by atoms with van der Waals surface area (Å²) in [6.07, 6.45) is 3.41. The van der Waals surface area contributed by atoms with E-state index in [0.29, 0.717) is 12.4 Å². The van der Waals surface area contributed by atoms with Crippen LogP contribution >= 0.6 is 10.7 Å². The van der Waals surface area contributed by atoms with Crippen molar-refractivity contribution >= 4 is 19.7 Å². The highest BCUT2D eigenvalue weighted by atomic mass is 35.7. The van der Waals surface area contributed by atoms with Crippen molar-refractivity contribution in [2.75, 3.05) is 13.2 Å². The van der Waals surface area contributed by atoms with Gasteiger partial charge in [0.2, 0.25) is 0 Å². The molecule has 4 nitrogen and oxygen atoms in total. The highest BCUT2D eigenvalue weighted by Gasteiger charge is 2.16. The van der Waals surface area contributed by atoms with Gasteiger partial charge in [0.05, 0.1) is 11.0 Å². The molecule has 6 heteroatoms. The smallest absolute Gasteiger partial charge is 0.261 e. The number of aryl methyl sites for hydroxylation is 1. The number of benzene rings is 1. The molecule has 0 amide bonds. The van der Waals surface area contributed by atoms with E-state index in [-0.39, 0.29) is 11.0 Å². The molecular formula is C13H17ClO4S. The fraction of sp³-hybridized carbons (Fsp3) is 0.538. The van der Waals surface area contributed by atoms with Crippen LogP contribution in [-0.4, -0.2) is 27.7 Å². The van der Waals surface area contributed by atoms with Crippen LogP contribution in [0, 0.1) is 6.92 Å². The monoisotopic (exact) mass is 304 g/mol. The lowest BCUT2D eigenvalue weighted by Gasteiger charge is -2.23. The Kier molecular flexibility index (Phi) is 4.71. The Morgan fingerprint density at radius 1 is 1.42 bits per heavy atom. The molecule has 0 bridgehead atoms. The van der Waals surface area contributed by atoms with Crippen LogP contribution in [0.25, 0.3) is 0 Å². The van der Waals surface area contributed by atoms with Gasteiger partial charge in [-0.15, -0.1) is 0 Å². The Balaban J connectivity index is 2.01. The zero-order valence-electron chi connectivity index (χ0n) is 10.8. The first-order valence-corrected chi connectivity index (χ1v) is 8.57. The van der Waals surface area contributed by atoms with E-state index in [1.54, 1.807) is 13.0 Å². The molecule has 0 aliphatic carbocycles. The summed E-state index contributed by atoms with van der Waals surface area (Å²) in [6, 6.07) is 4.60. The predicted molar refractivity (Wildman–Crippen MR) is 73.3 cm³/mol. The molecule has 0 spiro atoms. The van der Waals surface area contributed by atoms with Crippen molar-refractivity contribution in [3.63, 3.8) is 0 Å². The highest BCUT2D eigenvalue weighted by molar-refractivity contribution is 8.13. The Morgan fingerprint density at radius 3 is 2.79 bits per heavy atom. The summed E-state index contributed by atoms with van der Waals surface area (Å²) in [5.41, 5.74) is 0.748. The summed E-state index contributed by atoms with van der Waals surface area (Å²) in [6.45, 7) is 3.08. The van der Waals surface area contributed by atoms with Gasteiger partial charge in [-0.2, -0.15) is 0 Å². The summed E-state index contributed by atoms with van der Waals surface area (Å²) < 4.78 is 33.7. The van der Waals surface area contributed by atoms with Crippen molar-refractivity contribution in [1.29, 1.82) is 0 Å². The van der Waals surface area contributed by atoms with Crippen LogP contribution in [0.1, 0.15) is 24.8 Å². The quantitative estimate of drug-likeness (QED) is 0.803. The molecule has 0 N–H and O–H groups in total. The Morgan fingerprint density at radius 2 is 2.21 bits per heavy atom. The van der Waals surface area contributed by atoms with E-state index in [9.17, 15) is 8.42 Å². The number of rotatable bonds is 4. The van der Waals surface area contributed by atoms with Crippen LogP contribution in [0.3, 0.4) is 0 Å². The van der Waals surface area contributed by atoms with E-state index >= 15 is 0 Å². The van der Waals surface area contributed by atoms with E-state index in [4.69, 9.17) is 20.2 Å². The van der Waals surface area contributed by atoms with Gasteiger partial charge in [0.15, 0.2) is 0 Å². The zero-order chi connectivity index (χ0) is 13.9. The highest BCUT2D eigenvalue weighted by Crippen LogP contribution is 2.24. The predicted octanol–water partition coefficient (Wildman–Crippen LogP) is 2.87. The van der Waals surface area contributed by atoms with Crippen molar-refractivity contribution in [1.82, 2.24) is 0 Å². The van der Waals surface area contributed by atoms with Crippen molar-refractivity contribution in [2.24, 2.45) is 0 Å². The molecule has 2 rings (SSSR count). The maximum absolute atomic E-state index is 11.2. The Hall–Kier alpha value is -0.780. The lowest BCUT2D eigenvalue weighted by atomic mass is 10.1. The van der Waals surface area contributed by atoms with Crippen LogP contribution in [0.4, 0.5) is 0 Å². The summed E-state index contributed by atoms with van der Waals surface area (Å²) in [4.78, 5) is 0.0907. The van der Waals surface area contributed by atoms with Gasteiger partial charge in [0.25, 0.3) is 9.05 Å². The van der Waals surface area contributed by atoms with Gasteiger partial charge in [0.1, 0.15) is 12.4 Å². The Labute approximate surface area is 118 Å². The summed E-state index contributed by atoms with van der Waals surface area (Å²) in [7, 11) is 1.61. The summed E-state index contributed by atoms with van der Waals surface area (Å²) in [5, 5.41) is 0. The largest absolute Gasteiger partial charge is 0.491 e. The second-order valence-corrected chi connectivity index (χ2v) is 7.23. The fourth-order valence-corrected chi connectivity index (χ4v) is 2.89. The van der Waals surface area contributed by atoms with E-state index in [2.05, 4.69) is 0 Å². The van der Waals surface area contributed by atoms with Crippen LogP contribution in [0.5, 0.6) is 5.75 Å². The number of halogens is 1. The molecule has 106 valence electrons. The second kappa shape index (κ2) is 6.11. The van der Waals surface area contributed by atoms with Gasteiger partial charge in [0, 0.05) is 17.3 Å². The number of hydrogen-bond acceptors (Lipinski definition) is 4. The average Bonchev–Trinajstić information content (AvgIpc) is 2.37. The van der Waals surface area contributed by atoms with Gasteiger partial charge < -0.3 is 9.47 Å². The number of hydrogen-bond donors (Lipinski definition) is 0. The molecule has 1 unspecified atom stereocenters. The fourth-order valence-electron chi connectivity index (χ4n) is 2.06. The minimum absolute atomic E-state index is 0.0907. The van der Waals surface area contributed by atoms with E-state index in [0.717, 1.165) is 31.4 Å². The third-order valence-corrected chi connectivity index (χ3v) is 4.48. The van der Waals surface area contributed by atoms with E-state index in [1.807, 2.05) is 0 Å². The standard InChI is InChI=1S/C13H17ClO4S/c1-10-8-12(19(14,15)16)5-6-13(10)18-9-11-4-2-3-7-17-11/h5-6,8,11H,2-4,7,9H2,1H3. The van der Waals surface area contributed by atoms with Crippen molar-refractivity contribution in [2.45, 2.75) is 37.2 Å². The molecule has 1 fully saturated rings. The molecular weight excluding hydrogens is 288 g/mol. The molecule has 1 aromatic rings. The molecule has 1 heterocycles. The topological polar surface area (TPSA) is 52.6 Å². The van der Waals surface area contributed by atoms with E-state index < -0.39 is 9.05 Å².